The van der Waals surface area contributed by atoms with E-state index in [1.807, 2.05) is 13.8 Å². The molecule has 1 aromatic rings. The minimum Gasteiger partial charge on any atom is -0.447 e. The highest BCUT2D eigenvalue weighted by molar-refractivity contribution is 7.89. The fourth-order valence-electron chi connectivity index (χ4n) is 1.85. The average molecular weight is 317 g/mol. The van der Waals surface area contributed by atoms with E-state index in [4.69, 9.17) is 4.42 Å². The summed E-state index contributed by atoms with van der Waals surface area (Å²) in [6.07, 6.45) is 0. The van der Waals surface area contributed by atoms with Gasteiger partial charge in [0.15, 0.2) is 0 Å². The topological polar surface area (TPSA) is 74.6 Å². The molecule has 21 heavy (non-hydrogen) atoms. The van der Waals surface area contributed by atoms with Crippen molar-refractivity contribution in [3.63, 3.8) is 0 Å². The van der Waals surface area contributed by atoms with Crippen molar-refractivity contribution in [2.75, 3.05) is 26.2 Å². The van der Waals surface area contributed by atoms with Gasteiger partial charge in [0.1, 0.15) is 5.76 Å². The van der Waals surface area contributed by atoms with Gasteiger partial charge in [0.25, 0.3) is 10.0 Å². The SMILES string of the molecule is CCN(CC)CCNS(=O)(=O)c1ccc(CNC(C)C)o1. The Balaban J connectivity index is 2.54. The first-order valence-electron chi connectivity index (χ1n) is 7.43. The molecule has 0 aliphatic rings. The summed E-state index contributed by atoms with van der Waals surface area (Å²) in [5, 5.41) is 3.16. The molecular weight excluding hydrogens is 290 g/mol. The first-order chi connectivity index (χ1) is 9.89. The molecule has 1 aromatic heterocycles. The van der Waals surface area contributed by atoms with Crippen LogP contribution >= 0.6 is 0 Å². The van der Waals surface area contributed by atoms with E-state index in [2.05, 4.69) is 28.8 Å². The fraction of sp³-hybridized carbons (Fsp3) is 0.714. The van der Waals surface area contributed by atoms with Gasteiger partial charge in [-0.1, -0.05) is 27.7 Å². The minimum atomic E-state index is -3.56. The number of rotatable bonds is 10. The van der Waals surface area contributed by atoms with Gasteiger partial charge in [0.2, 0.25) is 5.09 Å². The molecule has 1 heterocycles. The van der Waals surface area contributed by atoms with Crippen LogP contribution in [0.1, 0.15) is 33.5 Å². The Morgan fingerprint density at radius 3 is 2.48 bits per heavy atom. The van der Waals surface area contributed by atoms with Crippen molar-refractivity contribution in [2.24, 2.45) is 0 Å². The number of nitrogens with zero attached hydrogens (tertiary/aromatic N) is 1. The summed E-state index contributed by atoms with van der Waals surface area (Å²) in [6, 6.07) is 3.51. The summed E-state index contributed by atoms with van der Waals surface area (Å²) in [4.78, 5) is 2.16. The molecule has 0 fully saturated rings. The molecule has 0 aliphatic heterocycles. The Labute approximate surface area is 127 Å². The quantitative estimate of drug-likeness (QED) is 0.682. The summed E-state index contributed by atoms with van der Waals surface area (Å²) in [7, 11) is -3.56. The number of hydrogen-bond donors (Lipinski definition) is 2. The second-order valence-electron chi connectivity index (χ2n) is 5.18. The molecule has 0 saturated carbocycles. The molecule has 0 spiro atoms. The Morgan fingerprint density at radius 2 is 1.90 bits per heavy atom. The Morgan fingerprint density at radius 1 is 1.24 bits per heavy atom. The van der Waals surface area contributed by atoms with E-state index in [-0.39, 0.29) is 5.09 Å². The van der Waals surface area contributed by atoms with Crippen LogP contribution in [-0.4, -0.2) is 45.5 Å². The standard InChI is InChI=1S/C14H27N3O3S/c1-5-17(6-2)10-9-16-21(18,19)14-8-7-13(20-14)11-15-12(3)4/h7-8,12,15-16H,5-6,9-11H2,1-4H3. The zero-order valence-electron chi connectivity index (χ0n) is 13.3. The minimum absolute atomic E-state index is 0.0254. The van der Waals surface area contributed by atoms with Crippen LogP contribution < -0.4 is 10.0 Å². The van der Waals surface area contributed by atoms with Crippen LogP contribution in [0, 0.1) is 0 Å². The lowest BCUT2D eigenvalue weighted by atomic mass is 10.3. The van der Waals surface area contributed by atoms with Crippen molar-refractivity contribution in [3.05, 3.63) is 17.9 Å². The number of furan rings is 1. The van der Waals surface area contributed by atoms with Crippen LogP contribution in [0.2, 0.25) is 0 Å². The zero-order chi connectivity index (χ0) is 15.9. The number of nitrogens with one attached hydrogen (secondary N) is 2. The lowest BCUT2D eigenvalue weighted by Crippen LogP contribution is -2.34. The third-order valence-corrected chi connectivity index (χ3v) is 4.53. The third kappa shape index (κ3) is 6.17. The van der Waals surface area contributed by atoms with Crippen LogP contribution in [0.3, 0.4) is 0 Å². The average Bonchev–Trinajstić information content (AvgIpc) is 2.91. The molecule has 6 nitrogen and oxygen atoms in total. The maximum atomic E-state index is 12.1. The first-order valence-corrected chi connectivity index (χ1v) is 8.91. The summed E-state index contributed by atoms with van der Waals surface area (Å²) in [5.41, 5.74) is 0. The van der Waals surface area contributed by atoms with E-state index in [0.29, 0.717) is 31.4 Å². The van der Waals surface area contributed by atoms with Crippen LogP contribution in [0.5, 0.6) is 0 Å². The molecule has 0 unspecified atom stereocenters. The molecule has 122 valence electrons. The maximum absolute atomic E-state index is 12.1. The smallest absolute Gasteiger partial charge is 0.274 e. The van der Waals surface area contributed by atoms with Gasteiger partial charge < -0.3 is 14.6 Å². The highest BCUT2D eigenvalue weighted by atomic mass is 32.2. The predicted molar refractivity (Wildman–Crippen MR) is 83.7 cm³/mol. The molecule has 0 saturated heterocycles. The van der Waals surface area contributed by atoms with E-state index < -0.39 is 10.0 Å². The monoisotopic (exact) mass is 317 g/mol. The van der Waals surface area contributed by atoms with Gasteiger partial charge in [-0.15, -0.1) is 0 Å². The van der Waals surface area contributed by atoms with E-state index >= 15 is 0 Å². The molecule has 0 aliphatic carbocycles. The highest BCUT2D eigenvalue weighted by Crippen LogP contribution is 2.13. The van der Waals surface area contributed by atoms with E-state index in [1.54, 1.807) is 6.07 Å². The fourth-order valence-corrected chi connectivity index (χ4v) is 2.82. The molecule has 7 heteroatoms. The number of sulfonamides is 1. The van der Waals surface area contributed by atoms with E-state index in [1.165, 1.54) is 6.07 Å². The molecule has 0 amide bonds. The van der Waals surface area contributed by atoms with Gasteiger partial charge >= 0.3 is 0 Å². The maximum Gasteiger partial charge on any atom is 0.274 e. The lowest BCUT2D eigenvalue weighted by Gasteiger charge is -2.17. The van der Waals surface area contributed by atoms with Crippen molar-refractivity contribution >= 4 is 10.0 Å². The van der Waals surface area contributed by atoms with Gasteiger partial charge in [-0.3, -0.25) is 0 Å². The second-order valence-corrected chi connectivity index (χ2v) is 6.88. The molecule has 0 atom stereocenters. The van der Waals surface area contributed by atoms with Gasteiger partial charge in [-0.2, -0.15) is 0 Å². The highest BCUT2D eigenvalue weighted by Gasteiger charge is 2.18. The summed E-state index contributed by atoms with van der Waals surface area (Å²) < 4.78 is 32.1. The van der Waals surface area contributed by atoms with E-state index in [0.717, 1.165) is 13.1 Å². The molecular formula is C14H27N3O3S. The normalized spacial score (nSPS) is 12.5. The summed E-state index contributed by atoms with van der Waals surface area (Å²) >= 11 is 0. The lowest BCUT2D eigenvalue weighted by molar-refractivity contribution is 0.308. The second kappa shape index (κ2) is 8.53. The van der Waals surface area contributed by atoms with Crippen molar-refractivity contribution in [1.82, 2.24) is 14.9 Å². The van der Waals surface area contributed by atoms with Crippen LogP contribution in [0.4, 0.5) is 0 Å². The van der Waals surface area contributed by atoms with Crippen LogP contribution in [-0.2, 0) is 16.6 Å². The molecule has 0 bridgehead atoms. The largest absolute Gasteiger partial charge is 0.447 e. The summed E-state index contributed by atoms with van der Waals surface area (Å²) in [5.74, 6) is 0.618. The van der Waals surface area contributed by atoms with Crippen molar-refractivity contribution in [3.8, 4) is 0 Å². The molecule has 2 N–H and O–H groups in total. The predicted octanol–water partition coefficient (Wildman–Crippen LogP) is 1.40. The van der Waals surface area contributed by atoms with Gasteiger partial charge in [0.05, 0.1) is 6.54 Å². The Kier molecular flexibility index (Phi) is 7.37. The van der Waals surface area contributed by atoms with E-state index in [9.17, 15) is 8.42 Å². The zero-order valence-corrected chi connectivity index (χ0v) is 14.2. The molecule has 0 radical (unpaired) electrons. The van der Waals surface area contributed by atoms with Crippen molar-refractivity contribution in [1.29, 1.82) is 0 Å². The first kappa shape index (κ1) is 18.2. The van der Waals surface area contributed by atoms with Gasteiger partial charge in [-0.05, 0) is 25.2 Å². The van der Waals surface area contributed by atoms with Crippen LogP contribution in [0.25, 0.3) is 0 Å². The summed E-state index contributed by atoms with van der Waals surface area (Å²) in [6.45, 7) is 11.6. The molecule has 0 aromatic carbocycles. The Bertz CT molecular complexity index is 507. The van der Waals surface area contributed by atoms with Gasteiger partial charge in [-0.25, -0.2) is 13.1 Å². The van der Waals surface area contributed by atoms with Crippen LogP contribution in [0.15, 0.2) is 21.6 Å². The molecule has 1 rings (SSSR count). The number of likely N-dealkylation sites (N-methyl/N-ethyl adjacent to an activating group) is 1. The third-order valence-electron chi connectivity index (χ3n) is 3.20. The van der Waals surface area contributed by atoms with Crippen molar-refractivity contribution in [2.45, 2.75) is 45.4 Å². The van der Waals surface area contributed by atoms with Crippen molar-refractivity contribution < 1.29 is 12.8 Å². The number of hydrogen-bond acceptors (Lipinski definition) is 5. The Hall–Kier alpha value is -0.890. The van der Waals surface area contributed by atoms with Gasteiger partial charge in [0, 0.05) is 19.1 Å².